The fourth-order valence-electron chi connectivity index (χ4n) is 2.32. The van der Waals surface area contributed by atoms with Gasteiger partial charge in [-0.15, -0.1) is 0 Å². The van der Waals surface area contributed by atoms with E-state index in [1.54, 1.807) is 12.1 Å². The van der Waals surface area contributed by atoms with E-state index in [1.807, 2.05) is 0 Å². The van der Waals surface area contributed by atoms with E-state index < -0.39 is 11.7 Å². The van der Waals surface area contributed by atoms with Crippen molar-refractivity contribution >= 4 is 23.2 Å². The zero-order valence-corrected chi connectivity index (χ0v) is 13.1. The van der Waals surface area contributed by atoms with Crippen LogP contribution in [0.15, 0.2) is 30.9 Å². The van der Waals surface area contributed by atoms with Crippen LogP contribution in [-0.4, -0.2) is 40.6 Å². The molecule has 120 valence electrons. The Labute approximate surface area is 140 Å². The second-order valence-corrected chi connectivity index (χ2v) is 5.76. The molecular formula is C13H12Cl2N6O2. The number of benzene rings is 1. The van der Waals surface area contributed by atoms with Gasteiger partial charge in [0.25, 0.3) is 0 Å². The number of nitrogens with one attached hydrogen (secondary N) is 2. The molecule has 23 heavy (non-hydrogen) atoms. The van der Waals surface area contributed by atoms with E-state index in [0.717, 1.165) is 0 Å². The van der Waals surface area contributed by atoms with Gasteiger partial charge in [-0.2, -0.15) is 10.2 Å². The van der Waals surface area contributed by atoms with Gasteiger partial charge in [0, 0.05) is 16.5 Å². The summed E-state index contributed by atoms with van der Waals surface area (Å²) in [4.78, 5) is 7.85. The highest BCUT2D eigenvalue weighted by Gasteiger charge is 2.41. The first-order valence-electron chi connectivity index (χ1n) is 6.58. The maximum atomic E-state index is 10.6. The Morgan fingerprint density at radius 1 is 1.09 bits per heavy atom. The molecule has 10 heteroatoms. The molecule has 2 heterocycles. The van der Waals surface area contributed by atoms with Crippen LogP contribution in [0.25, 0.3) is 0 Å². The predicted molar refractivity (Wildman–Crippen MR) is 81.8 cm³/mol. The monoisotopic (exact) mass is 354 g/mol. The molecule has 0 aliphatic carbocycles. The predicted octanol–water partition coefficient (Wildman–Crippen LogP) is 1.39. The molecular weight excluding hydrogens is 343 g/mol. The van der Waals surface area contributed by atoms with E-state index >= 15 is 0 Å². The fourth-order valence-corrected chi connectivity index (χ4v) is 2.86. The van der Waals surface area contributed by atoms with E-state index in [0.29, 0.717) is 21.4 Å². The van der Waals surface area contributed by atoms with Crippen LogP contribution in [0.2, 0.25) is 10.0 Å². The smallest absolute Gasteiger partial charge is 0.232 e. The molecule has 0 amide bonds. The third-order valence-corrected chi connectivity index (χ3v) is 4.01. The number of halogens is 2. The summed E-state index contributed by atoms with van der Waals surface area (Å²) in [5.74, 6) is -2.87. The van der Waals surface area contributed by atoms with Gasteiger partial charge in [0.1, 0.15) is 18.5 Å². The number of aromatic amines is 2. The van der Waals surface area contributed by atoms with Crippen molar-refractivity contribution in [1.29, 1.82) is 0 Å². The van der Waals surface area contributed by atoms with E-state index in [2.05, 4.69) is 30.4 Å². The van der Waals surface area contributed by atoms with Gasteiger partial charge >= 0.3 is 0 Å². The lowest BCUT2D eigenvalue weighted by Gasteiger charge is -2.29. The van der Waals surface area contributed by atoms with Crippen molar-refractivity contribution in [3.8, 4) is 0 Å². The second kappa shape index (κ2) is 6.25. The zero-order valence-electron chi connectivity index (χ0n) is 11.6. The summed E-state index contributed by atoms with van der Waals surface area (Å²) in [5.41, 5.74) is 0.480. The summed E-state index contributed by atoms with van der Waals surface area (Å²) in [6.45, 7) is 0. The molecule has 3 rings (SSSR count). The van der Waals surface area contributed by atoms with Gasteiger partial charge < -0.3 is 10.2 Å². The minimum atomic E-state index is -2.35. The SMILES string of the molecule is OC(O)(c1ncn[nH]1)C(Cc1ncn[nH]1)c1ccc(Cl)cc1Cl. The zero-order chi connectivity index (χ0) is 16.4. The van der Waals surface area contributed by atoms with Crippen LogP contribution in [0.4, 0.5) is 0 Å². The van der Waals surface area contributed by atoms with Crippen molar-refractivity contribution in [2.45, 2.75) is 18.1 Å². The minimum absolute atomic E-state index is 0.104. The Kier molecular flexibility index (Phi) is 4.31. The van der Waals surface area contributed by atoms with Crippen LogP contribution < -0.4 is 0 Å². The average Bonchev–Trinajstić information content (AvgIpc) is 3.19. The molecule has 3 aromatic rings. The Morgan fingerprint density at radius 2 is 1.83 bits per heavy atom. The van der Waals surface area contributed by atoms with Gasteiger partial charge in [0.05, 0.1) is 5.92 Å². The topological polar surface area (TPSA) is 124 Å². The normalized spacial score (nSPS) is 13.2. The first-order chi connectivity index (χ1) is 11.0. The van der Waals surface area contributed by atoms with Crippen LogP contribution in [-0.2, 0) is 12.2 Å². The van der Waals surface area contributed by atoms with E-state index in [4.69, 9.17) is 23.2 Å². The van der Waals surface area contributed by atoms with Crippen LogP contribution in [0.3, 0.4) is 0 Å². The number of aliphatic hydroxyl groups is 2. The standard InChI is InChI=1S/C13H12Cl2N6O2/c14-7-1-2-8(10(15)3-7)9(4-11-16-5-18-20-11)13(22,23)12-17-6-19-21-12/h1-3,5-6,9,22-23H,4H2,(H,16,18,20)(H,17,19,21). The van der Waals surface area contributed by atoms with Crippen molar-refractivity contribution in [3.05, 3.63) is 58.1 Å². The summed E-state index contributed by atoms with van der Waals surface area (Å²) >= 11 is 12.1. The van der Waals surface area contributed by atoms with E-state index in [9.17, 15) is 10.2 Å². The molecule has 0 saturated heterocycles. The van der Waals surface area contributed by atoms with E-state index in [-0.39, 0.29) is 12.2 Å². The number of hydrogen-bond donors (Lipinski definition) is 4. The third kappa shape index (κ3) is 3.20. The number of H-pyrrole nitrogens is 2. The third-order valence-electron chi connectivity index (χ3n) is 3.45. The maximum absolute atomic E-state index is 10.6. The molecule has 0 aliphatic rings. The van der Waals surface area contributed by atoms with Crippen LogP contribution in [0, 0.1) is 0 Å². The summed E-state index contributed by atoms with van der Waals surface area (Å²) in [5, 5.41) is 34.6. The summed E-state index contributed by atoms with van der Waals surface area (Å²) in [6, 6.07) is 4.78. The summed E-state index contributed by atoms with van der Waals surface area (Å²) in [7, 11) is 0. The van der Waals surface area contributed by atoms with Crippen molar-refractivity contribution in [3.63, 3.8) is 0 Å². The Morgan fingerprint density at radius 3 is 2.43 bits per heavy atom. The van der Waals surface area contributed by atoms with Gasteiger partial charge in [-0.1, -0.05) is 29.3 Å². The van der Waals surface area contributed by atoms with Gasteiger partial charge in [-0.3, -0.25) is 10.2 Å². The molecule has 0 fully saturated rings. The number of hydrogen-bond acceptors (Lipinski definition) is 6. The largest absolute Gasteiger partial charge is 0.359 e. The second-order valence-electron chi connectivity index (χ2n) is 4.91. The molecule has 0 spiro atoms. The van der Waals surface area contributed by atoms with Crippen molar-refractivity contribution in [1.82, 2.24) is 30.4 Å². The maximum Gasteiger partial charge on any atom is 0.232 e. The number of aromatic nitrogens is 6. The highest BCUT2D eigenvalue weighted by Crippen LogP contribution is 2.39. The minimum Gasteiger partial charge on any atom is -0.359 e. The molecule has 0 radical (unpaired) electrons. The van der Waals surface area contributed by atoms with Crippen LogP contribution >= 0.6 is 23.2 Å². The highest BCUT2D eigenvalue weighted by atomic mass is 35.5. The fraction of sp³-hybridized carbons (Fsp3) is 0.231. The summed E-state index contributed by atoms with van der Waals surface area (Å²) < 4.78 is 0. The van der Waals surface area contributed by atoms with Gasteiger partial charge in [0.2, 0.25) is 5.79 Å². The summed E-state index contributed by atoms with van der Waals surface area (Å²) in [6.07, 6.45) is 2.65. The Hall–Kier alpha value is -2.00. The molecule has 0 aliphatic heterocycles. The molecule has 4 N–H and O–H groups in total. The molecule has 1 unspecified atom stereocenters. The Balaban J connectivity index is 2.06. The number of rotatable bonds is 5. The van der Waals surface area contributed by atoms with Crippen LogP contribution in [0.1, 0.15) is 23.1 Å². The first-order valence-corrected chi connectivity index (χ1v) is 7.34. The number of nitrogens with zero attached hydrogens (tertiary/aromatic N) is 4. The van der Waals surface area contributed by atoms with E-state index in [1.165, 1.54) is 18.7 Å². The molecule has 1 atom stereocenters. The molecule has 0 saturated carbocycles. The lowest BCUT2D eigenvalue weighted by molar-refractivity contribution is -0.194. The average molecular weight is 355 g/mol. The first kappa shape index (κ1) is 15.9. The van der Waals surface area contributed by atoms with Gasteiger partial charge in [-0.25, -0.2) is 9.97 Å². The van der Waals surface area contributed by atoms with Gasteiger partial charge in [0.15, 0.2) is 5.82 Å². The lowest BCUT2D eigenvalue weighted by atomic mass is 9.86. The van der Waals surface area contributed by atoms with Crippen LogP contribution in [0.5, 0.6) is 0 Å². The van der Waals surface area contributed by atoms with Crippen molar-refractivity contribution in [2.75, 3.05) is 0 Å². The van der Waals surface area contributed by atoms with Crippen molar-refractivity contribution in [2.24, 2.45) is 0 Å². The quantitative estimate of drug-likeness (QED) is 0.513. The Bertz CT molecular complexity index is 776. The molecule has 2 aromatic heterocycles. The highest BCUT2D eigenvalue weighted by molar-refractivity contribution is 6.35. The van der Waals surface area contributed by atoms with Crippen molar-refractivity contribution < 1.29 is 10.2 Å². The lowest BCUT2D eigenvalue weighted by Crippen LogP contribution is -2.36. The molecule has 0 bridgehead atoms. The molecule has 8 nitrogen and oxygen atoms in total. The molecule has 1 aromatic carbocycles. The van der Waals surface area contributed by atoms with Gasteiger partial charge in [-0.05, 0) is 17.7 Å².